The second-order valence-corrected chi connectivity index (χ2v) is 6.17. The lowest BCUT2D eigenvalue weighted by Gasteiger charge is -2.20. The number of hydrogen-bond acceptors (Lipinski definition) is 6. The van der Waals surface area contributed by atoms with Crippen molar-refractivity contribution in [3.8, 4) is 17.2 Å². The smallest absolute Gasteiger partial charge is 0.261 e. The number of thiazole rings is 1. The van der Waals surface area contributed by atoms with Gasteiger partial charge in [-0.3, -0.25) is 10.1 Å². The van der Waals surface area contributed by atoms with Crippen molar-refractivity contribution in [2.45, 2.75) is 0 Å². The largest absolute Gasteiger partial charge is 0.497 e. The third-order valence-electron chi connectivity index (χ3n) is 3.63. The van der Waals surface area contributed by atoms with Gasteiger partial charge in [-0.1, -0.05) is 17.4 Å². The fourth-order valence-corrected chi connectivity index (χ4v) is 3.39. The molecule has 0 aliphatic carbocycles. The number of rotatable bonds is 3. The molecule has 1 aliphatic rings. The van der Waals surface area contributed by atoms with Gasteiger partial charge in [-0.05, 0) is 30.3 Å². The summed E-state index contributed by atoms with van der Waals surface area (Å²) in [5.74, 6) is 1.54. The molecule has 24 heavy (non-hydrogen) atoms. The number of ether oxygens (including phenoxy) is 3. The molecule has 0 fully saturated rings. The number of methoxy groups -OCH3 is 1. The summed E-state index contributed by atoms with van der Waals surface area (Å²) >= 11 is 1.39. The highest BCUT2D eigenvalue weighted by Crippen LogP contribution is 2.35. The summed E-state index contributed by atoms with van der Waals surface area (Å²) in [5, 5.41) is 3.35. The number of nitrogens with one attached hydrogen (secondary N) is 1. The van der Waals surface area contributed by atoms with Gasteiger partial charge in [0.1, 0.15) is 19.0 Å². The Labute approximate surface area is 142 Å². The molecular weight excluding hydrogens is 328 g/mol. The van der Waals surface area contributed by atoms with Crippen LogP contribution in [0, 0.1) is 0 Å². The Morgan fingerprint density at radius 3 is 3.00 bits per heavy atom. The summed E-state index contributed by atoms with van der Waals surface area (Å²) in [6.45, 7) is 0.913. The first-order valence-electron chi connectivity index (χ1n) is 7.39. The minimum atomic E-state index is -0.275. The van der Waals surface area contributed by atoms with Crippen LogP contribution in [-0.2, 0) is 0 Å². The van der Waals surface area contributed by atoms with E-state index in [4.69, 9.17) is 14.2 Å². The summed E-state index contributed by atoms with van der Waals surface area (Å²) in [7, 11) is 1.62. The van der Waals surface area contributed by atoms with Gasteiger partial charge >= 0.3 is 0 Å². The van der Waals surface area contributed by atoms with Crippen LogP contribution in [0.15, 0.2) is 36.4 Å². The zero-order valence-corrected chi connectivity index (χ0v) is 13.7. The second kappa shape index (κ2) is 6.01. The molecule has 0 radical (unpaired) electrons. The molecule has 4 rings (SSSR count). The Morgan fingerprint density at radius 1 is 1.25 bits per heavy atom. The lowest BCUT2D eigenvalue weighted by molar-refractivity contribution is 0.101. The zero-order valence-electron chi connectivity index (χ0n) is 12.9. The molecule has 2 aromatic carbocycles. The SMILES string of the molecule is COc1ccc2nc(NC(=O)c3cccc4c3OCCO4)sc2c1. The molecule has 0 bridgehead atoms. The highest BCUT2D eigenvalue weighted by atomic mass is 32.1. The van der Waals surface area contributed by atoms with Gasteiger partial charge in [-0.25, -0.2) is 4.98 Å². The molecule has 1 aromatic heterocycles. The molecular formula is C17H14N2O4S. The van der Waals surface area contributed by atoms with Crippen molar-refractivity contribution in [1.82, 2.24) is 4.98 Å². The van der Waals surface area contributed by atoms with Crippen LogP contribution >= 0.6 is 11.3 Å². The van der Waals surface area contributed by atoms with Crippen LogP contribution in [0.4, 0.5) is 5.13 Å². The molecule has 0 saturated heterocycles. The van der Waals surface area contributed by atoms with E-state index in [1.807, 2.05) is 18.2 Å². The molecule has 1 aliphatic heterocycles. The minimum Gasteiger partial charge on any atom is -0.497 e. The zero-order chi connectivity index (χ0) is 16.5. The molecule has 2 heterocycles. The van der Waals surface area contributed by atoms with Gasteiger partial charge in [0.05, 0.1) is 22.9 Å². The minimum absolute atomic E-state index is 0.275. The summed E-state index contributed by atoms with van der Waals surface area (Å²) < 4.78 is 17.2. The third-order valence-corrected chi connectivity index (χ3v) is 4.56. The van der Waals surface area contributed by atoms with E-state index < -0.39 is 0 Å². The Hall–Kier alpha value is -2.80. The van der Waals surface area contributed by atoms with Crippen LogP contribution in [0.2, 0.25) is 0 Å². The number of carbonyl (C=O) groups excluding carboxylic acids is 1. The summed E-state index contributed by atoms with van der Waals surface area (Å²) in [5.41, 5.74) is 1.25. The van der Waals surface area contributed by atoms with Gasteiger partial charge < -0.3 is 14.2 Å². The number of fused-ring (bicyclic) bond motifs is 2. The van der Waals surface area contributed by atoms with E-state index in [9.17, 15) is 4.79 Å². The van der Waals surface area contributed by atoms with E-state index in [-0.39, 0.29) is 5.91 Å². The molecule has 0 saturated carbocycles. The first kappa shape index (κ1) is 14.8. The molecule has 0 unspecified atom stereocenters. The second-order valence-electron chi connectivity index (χ2n) is 5.14. The van der Waals surface area contributed by atoms with Crippen LogP contribution in [0.1, 0.15) is 10.4 Å². The van der Waals surface area contributed by atoms with Crippen LogP contribution < -0.4 is 19.5 Å². The topological polar surface area (TPSA) is 69.7 Å². The van der Waals surface area contributed by atoms with Crippen LogP contribution in [0.5, 0.6) is 17.2 Å². The first-order chi connectivity index (χ1) is 11.7. The lowest BCUT2D eigenvalue weighted by atomic mass is 10.1. The van der Waals surface area contributed by atoms with Crippen molar-refractivity contribution in [2.24, 2.45) is 0 Å². The van der Waals surface area contributed by atoms with Gasteiger partial charge in [0.25, 0.3) is 5.91 Å². The van der Waals surface area contributed by atoms with E-state index in [0.717, 1.165) is 16.0 Å². The molecule has 3 aromatic rings. The van der Waals surface area contributed by atoms with Crippen molar-refractivity contribution in [3.63, 3.8) is 0 Å². The van der Waals surface area contributed by atoms with E-state index >= 15 is 0 Å². The molecule has 122 valence electrons. The molecule has 1 N–H and O–H groups in total. The lowest BCUT2D eigenvalue weighted by Crippen LogP contribution is -2.20. The van der Waals surface area contributed by atoms with E-state index in [1.54, 1.807) is 25.3 Å². The fraction of sp³-hybridized carbons (Fsp3) is 0.176. The van der Waals surface area contributed by atoms with Gasteiger partial charge in [0.15, 0.2) is 16.6 Å². The number of para-hydroxylation sites is 1. The van der Waals surface area contributed by atoms with Gasteiger partial charge in [-0.15, -0.1) is 0 Å². The highest BCUT2D eigenvalue weighted by Gasteiger charge is 2.21. The average molecular weight is 342 g/mol. The Bertz CT molecular complexity index is 922. The summed E-state index contributed by atoms with van der Waals surface area (Å²) in [6, 6.07) is 10.9. The molecule has 1 amide bonds. The average Bonchev–Trinajstić information content (AvgIpc) is 3.02. The summed E-state index contributed by atoms with van der Waals surface area (Å²) in [6.07, 6.45) is 0. The molecule has 6 nitrogen and oxygen atoms in total. The number of hydrogen-bond donors (Lipinski definition) is 1. The van der Waals surface area contributed by atoms with E-state index in [0.29, 0.717) is 35.4 Å². The van der Waals surface area contributed by atoms with Gasteiger partial charge in [-0.2, -0.15) is 0 Å². The normalized spacial score (nSPS) is 12.9. The van der Waals surface area contributed by atoms with E-state index in [2.05, 4.69) is 10.3 Å². The van der Waals surface area contributed by atoms with Gasteiger partial charge in [0, 0.05) is 0 Å². The number of carbonyl (C=O) groups is 1. The number of aromatic nitrogens is 1. The molecule has 0 atom stereocenters. The van der Waals surface area contributed by atoms with Crippen molar-refractivity contribution < 1.29 is 19.0 Å². The standard InChI is InChI=1S/C17H14N2O4S/c1-21-10-5-6-12-14(9-10)24-17(18-12)19-16(20)11-3-2-4-13-15(11)23-8-7-22-13/h2-6,9H,7-8H2,1H3,(H,18,19,20). The van der Waals surface area contributed by atoms with Crippen molar-refractivity contribution in [1.29, 1.82) is 0 Å². The predicted octanol–water partition coefficient (Wildman–Crippen LogP) is 3.33. The first-order valence-corrected chi connectivity index (χ1v) is 8.21. The maximum Gasteiger partial charge on any atom is 0.261 e. The Kier molecular flexibility index (Phi) is 3.70. The number of benzene rings is 2. The highest BCUT2D eigenvalue weighted by molar-refractivity contribution is 7.22. The quantitative estimate of drug-likeness (QED) is 0.791. The fourth-order valence-electron chi connectivity index (χ4n) is 2.50. The molecule has 7 heteroatoms. The monoisotopic (exact) mass is 342 g/mol. The summed E-state index contributed by atoms with van der Waals surface area (Å²) in [4.78, 5) is 17.0. The van der Waals surface area contributed by atoms with Crippen LogP contribution in [0.3, 0.4) is 0 Å². The maximum atomic E-state index is 12.6. The van der Waals surface area contributed by atoms with Gasteiger partial charge in [0.2, 0.25) is 0 Å². The van der Waals surface area contributed by atoms with Crippen molar-refractivity contribution in [3.05, 3.63) is 42.0 Å². The Balaban J connectivity index is 1.62. The number of amides is 1. The van der Waals surface area contributed by atoms with Crippen molar-refractivity contribution in [2.75, 3.05) is 25.6 Å². The van der Waals surface area contributed by atoms with E-state index in [1.165, 1.54) is 11.3 Å². The number of nitrogens with zero attached hydrogens (tertiary/aromatic N) is 1. The number of anilines is 1. The van der Waals surface area contributed by atoms with Crippen LogP contribution in [0.25, 0.3) is 10.2 Å². The Morgan fingerprint density at radius 2 is 2.12 bits per heavy atom. The maximum absolute atomic E-state index is 12.6. The predicted molar refractivity (Wildman–Crippen MR) is 91.6 cm³/mol. The van der Waals surface area contributed by atoms with Crippen molar-refractivity contribution >= 4 is 32.6 Å². The third kappa shape index (κ3) is 2.63. The van der Waals surface area contributed by atoms with Crippen LogP contribution in [-0.4, -0.2) is 31.2 Å². The molecule has 0 spiro atoms.